The number of carbonyl (C=O) groups excluding carboxylic acids is 1. The Bertz CT molecular complexity index is 875. The number of amides is 1. The van der Waals surface area contributed by atoms with E-state index in [0.29, 0.717) is 35.6 Å². The molecule has 1 aromatic carbocycles. The number of carbonyl (C=O) groups is 1. The molecule has 0 unspecified atom stereocenters. The van der Waals surface area contributed by atoms with E-state index in [9.17, 15) is 9.59 Å². The molecule has 2 aromatic rings. The Hall–Kier alpha value is -1.86. The Morgan fingerprint density at radius 2 is 2.00 bits per heavy atom. The summed E-state index contributed by atoms with van der Waals surface area (Å²) in [7, 11) is 1.65. The number of nitrogens with one attached hydrogen (secondary N) is 1. The summed E-state index contributed by atoms with van der Waals surface area (Å²) >= 11 is 1.36. The largest absolute Gasteiger partial charge is 0.385 e. The Balaban J connectivity index is 1.78. The van der Waals surface area contributed by atoms with Crippen molar-refractivity contribution in [1.29, 1.82) is 0 Å². The van der Waals surface area contributed by atoms with Crippen LogP contribution in [0, 0.1) is 0 Å². The highest BCUT2D eigenvalue weighted by Crippen LogP contribution is 2.24. The van der Waals surface area contributed by atoms with Crippen molar-refractivity contribution in [3.63, 3.8) is 0 Å². The molecule has 158 valence electrons. The van der Waals surface area contributed by atoms with Gasteiger partial charge in [-0.1, -0.05) is 49.6 Å². The first-order chi connectivity index (χ1) is 14.1. The fraction of sp³-hybridized carbons (Fsp3) is 0.591. The van der Waals surface area contributed by atoms with Gasteiger partial charge in [0.15, 0.2) is 5.16 Å². The minimum absolute atomic E-state index is 0.0211. The van der Waals surface area contributed by atoms with Crippen LogP contribution in [0.5, 0.6) is 0 Å². The van der Waals surface area contributed by atoms with Crippen molar-refractivity contribution in [2.24, 2.45) is 0 Å². The number of para-hydroxylation sites is 1. The van der Waals surface area contributed by atoms with Gasteiger partial charge in [0.1, 0.15) is 0 Å². The van der Waals surface area contributed by atoms with Crippen LogP contribution < -0.4 is 10.9 Å². The molecule has 7 heteroatoms. The molecule has 1 aromatic heterocycles. The quantitative estimate of drug-likeness (QED) is 0.306. The first-order valence-electron chi connectivity index (χ1n) is 10.6. The Morgan fingerprint density at radius 1 is 1.28 bits per heavy atom. The zero-order valence-corrected chi connectivity index (χ0v) is 18.2. The van der Waals surface area contributed by atoms with Gasteiger partial charge in [-0.05, 0) is 38.3 Å². The monoisotopic (exact) mass is 417 g/mol. The lowest BCUT2D eigenvalue weighted by Gasteiger charge is -2.20. The molecule has 1 aliphatic carbocycles. The third kappa shape index (κ3) is 5.82. The van der Waals surface area contributed by atoms with Crippen molar-refractivity contribution in [3.05, 3.63) is 34.6 Å². The lowest BCUT2D eigenvalue weighted by molar-refractivity contribution is -0.121. The van der Waals surface area contributed by atoms with Crippen molar-refractivity contribution in [2.75, 3.05) is 13.7 Å². The summed E-state index contributed by atoms with van der Waals surface area (Å²) in [6, 6.07) is 7.63. The van der Waals surface area contributed by atoms with Crippen LogP contribution in [0.3, 0.4) is 0 Å². The molecule has 1 saturated carbocycles. The molecule has 1 aliphatic rings. The number of thioether (sulfide) groups is 1. The van der Waals surface area contributed by atoms with Crippen LogP contribution >= 0.6 is 11.8 Å². The summed E-state index contributed by atoms with van der Waals surface area (Å²) in [6.45, 7) is 2.97. The maximum Gasteiger partial charge on any atom is 0.262 e. The van der Waals surface area contributed by atoms with Gasteiger partial charge in [0.2, 0.25) is 5.91 Å². The van der Waals surface area contributed by atoms with E-state index >= 15 is 0 Å². The average Bonchev–Trinajstić information content (AvgIpc) is 2.99. The van der Waals surface area contributed by atoms with E-state index in [4.69, 9.17) is 9.72 Å². The normalized spacial score (nSPS) is 16.5. The fourth-order valence-corrected chi connectivity index (χ4v) is 4.70. The predicted molar refractivity (Wildman–Crippen MR) is 117 cm³/mol. The molecule has 1 atom stereocenters. The molecule has 0 bridgehead atoms. The molecule has 6 nitrogen and oxygen atoms in total. The molecule has 0 radical (unpaired) electrons. The van der Waals surface area contributed by atoms with Gasteiger partial charge in [-0.2, -0.15) is 0 Å². The second kappa shape index (κ2) is 10.8. The van der Waals surface area contributed by atoms with E-state index in [1.165, 1.54) is 37.4 Å². The van der Waals surface area contributed by atoms with Crippen LogP contribution in [0.15, 0.2) is 34.2 Å². The fourth-order valence-electron chi connectivity index (χ4n) is 3.76. The van der Waals surface area contributed by atoms with E-state index in [1.807, 2.05) is 25.1 Å². The standard InChI is InChI=1S/C22H31N3O3S/c1-16(20(26)23-17-10-5-3-4-6-11-17)29-22-24-19-13-8-7-12-18(19)21(27)25(22)14-9-15-28-2/h7-8,12-13,16-17H,3-6,9-11,14-15H2,1-2H3,(H,23,26)/t16-/m1/s1. The summed E-state index contributed by atoms with van der Waals surface area (Å²) in [6.07, 6.45) is 7.69. The van der Waals surface area contributed by atoms with Crippen LogP contribution in [0.2, 0.25) is 0 Å². The van der Waals surface area contributed by atoms with Gasteiger partial charge >= 0.3 is 0 Å². The highest BCUT2D eigenvalue weighted by molar-refractivity contribution is 8.00. The summed E-state index contributed by atoms with van der Waals surface area (Å²) in [5.41, 5.74) is 0.602. The minimum Gasteiger partial charge on any atom is -0.385 e. The summed E-state index contributed by atoms with van der Waals surface area (Å²) in [4.78, 5) is 30.5. The van der Waals surface area contributed by atoms with Crippen molar-refractivity contribution in [1.82, 2.24) is 14.9 Å². The first-order valence-corrected chi connectivity index (χ1v) is 11.4. The molecular weight excluding hydrogens is 386 g/mol. The van der Waals surface area contributed by atoms with Gasteiger partial charge < -0.3 is 10.1 Å². The molecule has 1 heterocycles. The van der Waals surface area contributed by atoms with Crippen LogP contribution in [-0.2, 0) is 16.1 Å². The van der Waals surface area contributed by atoms with E-state index in [2.05, 4.69) is 5.32 Å². The lowest BCUT2D eigenvalue weighted by atomic mass is 10.1. The van der Waals surface area contributed by atoms with Gasteiger partial charge in [-0.15, -0.1) is 0 Å². The molecular formula is C22H31N3O3S. The summed E-state index contributed by atoms with van der Waals surface area (Å²) in [5.74, 6) is 0.0211. The van der Waals surface area contributed by atoms with Gasteiger partial charge in [0.25, 0.3) is 5.56 Å². The molecule has 1 N–H and O–H groups in total. The Labute approximate surface area is 176 Å². The molecule has 0 aliphatic heterocycles. The summed E-state index contributed by atoms with van der Waals surface area (Å²) < 4.78 is 6.82. The van der Waals surface area contributed by atoms with Gasteiger partial charge in [0.05, 0.1) is 16.2 Å². The maximum absolute atomic E-state index is 13.0. The van der Waals surface area contributed by atoms with Gasteiger partial charge in [0, 0.05) is 26.3 Å². The minimum atomic E-state index is -0.319. The first kappa shape index (κ1) is 21.8. The van der Waals surface area contributed by atoms with Crippen molar-refractivity contribution in [2.45, 2.75) is 74.9 Å². The van der Waals surface area contributed by atoms with E-state index in [-0.39, 0.29) is 22.8 Å². The third-order valence-corrected chi connectivity index (χ3v) is 6.50. The van der Waals surface area contributed by atoms with Crippen LogP contribution in [-0.4, -0.2) is 40.5 Å². The smallest absolute Gasteiger partial charge is 0.262 e. The zero-order valence-electron chi connectivity index (χ0n) is 17.4. The van der Waals surface area contributed by atoms with Crippen LogP contribution in [0.1, 0.15) is 51.9 Å². The number of ether oxygens (including phenoxy) is 1. The molecule has 1 fully saturated rings. The topological polar surface area (TPSA) is 73.2 Å². The number of methoxy groups -OCH3 is 1. The lowest BCUT2D eigenvalue weighted by Crippen LogP contribution is -2.39. The second-order valence-corrected chi connectivity index (χ2v) is 8.98. The summed E-state index contributed by atoms with van der Waals surface area (Å²) in [5, 5.41) is 4.08. The molecule has 29 heavy (non-hydrogen) atoms. The highest BCUT2D eigenvalue weighted by Gasteiger charge is 2.22. The number of hydrogen-bond acceptors (Lipinski definition) is 5. The predicted octanol–water partition coefficient (Wildman–Crippen LogP) is 3.75. The van der Waals surface area contributed by atoms with Crippen molar-refractivity contribution < 1.29 is 9.53 Å². The third-order valence-electron chi connectivity index (χ3n) is 5.41. The van der Waals surface area contributed by atoms with Crippen molar-refractivity contribution >= 4 is 28.6 Å². The van der Waals surface area contributed by atoms with E-state index in [1.54, 1.807) is 17.7 Å². The molecule has 3 rings (SSSR count). The highest BCUT2D eigenvalue weighted by atomic mass is 32.2. The number of aromatic nitrogens is 2. The molecule has 0 saturated heterocycles. The van der Waals surface area contributed by atoms with Crippen LogP contribution in [0.4, 0.5) is 0 Å². The van der Waals surface area contributed by atoms with Crippen molar-refractivity contribution in [3.8, 4) is 0 Å². The maximum atomic E-state index is 13.0. The number of benzene rings is 1. The SMILES string of the molecule is COCCCn1c(S[C@H](C)C(=O)NC2CCCCCC2)nc2ccccc2c1=O. The number of nitrogens with zero attached hydrogens (tertiary/aromatic N) is 2. The van der Waals surface area contributed by atoms with E-state index < -0.39 is 0 Å². The second-order valence-electron chi connectivity index (χ2n) is 7.67. The van der Waals surface area contributed by atoms with Crippen LogP contribution in [0.25, 0.3) is 10.9 Å². The molecule has 1 amide bonds. The van der Waals surface area contributed by atoms with E-state index in [0.717, 1.165) is 12.8 Å². The average molecular weight is 418 g/mol. The Morgan fingerprint density at radius 3 is 2.72 bits per heavy atom. The number of rotatable bonds is 8. The van der Waals surface area contributed by atoms with Gasteiger partial charge in [-0.3, -0.25) is 14.2 Å². The Kier molecular flexibility index (Phi) is 8.12. The number of fused-ring (bicyclic) bond motifs is 1. The zero-order chi connectivity index (χ0) is 20.6. The molecule has 0 spiro atoms. The van der Waals surface area contributed by atoms with Gasteiger partial charge in [-0.25, -0.2) is 4.98 Å². The number of hydrogen-bond donors (Lipinski definition) is 1.